The third-order valence-electron chi connectivity index (χ3n) is 4.78. The van der Waals surface area contributed by atoms with Gasteiger partial charge in [-0.25, -0.2) is 9.97 Å². The van der Waals surface area contributed by atoms with Gasteiger partial charge in [0.2, 0.25) is 0 Å². The third kappa shape index (κ3) is 3.06. The lowest BCUT2D eigenvalue weighted by atomic mass is 9.96. The van der Waals surface area contributed by atoms with Crippen molar-refractivity contribution in [3.8, 4) is 0 Å². The zero-order valence-corrected chi connectivity index (χ0v) is 14.9. The molecule has 0 atom stereocenters. The molecule has 3 aromatic rings. The van der Waals surface area contributed by atoms with Gasteiger partial charge in [-0.3, -0.25) is 0 Å². The van der Waals surface area contributed by atoms with Gasteiger partial charge in [0.15, 0.2) is 11.5 Å². The molecule has 1 saturated heterocycles. The van der Waals surface area contributed by atoms with Crippen LogP contribution in [0, 0.1) is 6.92 Å². The number of hydrogen-bond donors (Lipinski definition) is 0. The Labute approximate surface area is 147 Å². The van der Waals surface area contributed by atoms with E-state index in [0.717, 1.165) is 54.7 Å². The molecule has 1 fully saturated rings. The number of aryl methyl sites for hydroxylation is 1. The highest BCUT2D eigenvalue weighted by Gasteiger charge is 2.26. The molecule has 0 unspecified atom stereocenters. The van der Waals surface area contributed by atoms with Gasteiger partial charge in [0.25, 0.3) is 0 Å². The molecule has 7 nitrogen and oxygen atoms in total. The molecular formula is C18H23N7. The van der Waals surface area contributed by atoms with Crippen LogP contribution in [-0.2, 0) is 0 Å². The lowest BCUT2D eigenvalue weighted by Gasteiger charge is -2.32. The molecule has 0 spiro atoms. The maximum absolute atomic E-state index is 4.71. The summed E-state index contributed by atoms with van der Waals surface area (Å²) in [6.07, 6.45) is 3.91. The van der Waals surface area contributed by atoms with Gasteiger partial charge in [-0.1, -0.05) is 13.8 Å². The van der Waals surface area contributed by atoms with E-state index in [2.05, 4.69) is 39.0 Å². The standard InChI is InChI=1S/C18H23N7/c1-12(2)17-19-9-6-15(20-17)24-10-7-14(8-11-24)18-22-21-16-5-4-13(3)23-25(16)18/h4-6,9,12,14H,7-8,10-11H2,1-3H3. The smallest absolute Gasteiger partial charge is 0.177 e. The average molecular weight is 337 g/mol. The minimum absolute atomic E-state index is 0.342. The van der Waals surface area contributed by atoms with Crippen LogP contribution in [0.5, 0.6) is 0 Å². The van der Waals surface area contributed by atoms with Crippen LogP contribution in [-0.4, -0.2) is 42.9 Å². The van der Waals surface area contributed by atoms with Gasteiger partial charge in [-0.05, 0) is 38.0 Å². The predicted molar refractivity (Wildman–Crippen MR) is 95.8 cm³/mol. The van der Waals surface area contributed by atoms with Gasteiger partial charge in [-0.15, -0.1) is 10.2 Å². The Morgan fingerprint density at radius 2 is 1.88 bits per heavy atom. The number of fused-ring (bicyclic) bond motifs is 1. The minimum Gasteiger partial charge on any atom is -0.356 e. The number of aromatic nitrogens is 6. The van der Waals surface area contributed by atoms with Crippen molar-refractivity contribution in [1.29, 1.82) is 0 Å². The van der Waals surface area contributed by atoms with E-state index in [4.69, 9.17) is 4.98 Å². The highest BCUT2D eigenvalue weighted by Crippen LogP contribution is 2.29. The highest BCUT2D eigenvalue weighted by molar-refractivity contribution is 5.40. The number of anilines is 1. The summed E-state index contributed by atoms with van der Waals surface area (Å²) < 4.78 is 1.90. The predicted octanol–water partition coefficient (Wildman–Crippen LogP) is 2.73. The van der Waals surface area contributed by atoms with Gasteiger partial charge in [0.05, 0.1) is 5.69 Å². The van der Waals surface area contributed by atoms with E-state index < -0.39 is 0 Å². The number of nitrogens with zero attached hydrogens (tertiary/aromatic N) is 7. The number of piperidine rings is 1. The van der Waals surface area contributed by atoms with E-state index >= 15 is 0 Å². The van der Waals surface area contributed by atoms with Crippen LogP contribution in [0.4, 0.5) is 5.82 Å². The summed E-state index contributed by atoms with van der Waals surface area (Å²) in [7, 11) is 0. The molecule has 0 amide bonds. The van der Waals surface area contributed by atoms with E-state index in [-0.39, 0.29) is 0 Å². The second kappa shape index (κ2) is 6.38. The Balaban J connectivity index is 1.51. The fraction of sp³-hybridized carbons (Fsp3) is 0.500. The maximum Gasteiger partial charge on any atom is 0.177 e. The lowest BCUT2D eigenvalue weighted by molar-refractivity contribution is 0.474. The van der Waals surface area contributed by atoms with Gasteiger partial charge in [0.1, 0.15) is 11.6 Å². The van der Waals surface area contributed by atoms with Crippen LogP contribution >= 0.6 is 0 Å². The molecule has 0 N–H and O–H groups in total. The van der Waals surface area contributed by atoms with Gasteiger partial charge >= 0.3 is 0 Å². The lowest BCUT2D eigenvalue weighted by Crippen LogP contribution is -2.34. The zero-order chi connectivity index (χ0) is 17.4. The fourth-order valence-electron chi connectivity index (χ4n) is 3.34. The van der Waals surface area contributed by atoms with Crippen LogP contribution in [0.3, 0.4) is 0 Å². The first-order valence-electron chi connectivity index (χ1n) is 8.88. The van der Waals surface area contributed by atoms with Crippen molar-refractivity contribution in [3.63, 3.8) is 0 Å². The summed E-state index contributed by atoms with van der Waals surface area (Å²) >= 11 is 0. The van der Waals surface area contributed by atoms with Crippen molar-refractivity contribution < 1.29 is 0 Å². The summed E-state index contributed by atoms with van der Waals surface area (Å²) in [5, 5.41) is 13.2. The quantitative estimate of drug-likeness (QED) is 0.732. The number of rotatable bonds is 3. The minimum atomic E-state index is 0.342. The van der Waals surface area contributed by atoms with E-state index in [1.807, 2.05) is 35.8 Å². The molecule has 4 rings (SSSR count). The van der Waals surface area contributed by atoms with Gasteiger partial charge in [0, 0.05) is 31.1 Å². The van der Waals surface area contributed by atoms with Gasteiger partial charge < -0.3 is 4.90 Å². The third-order valence-corrected chi connectivity index (χ3v) is 4.78. The van der Waals surface area contributed by atoms with Gasteiger partial charge in [-0.2, -0.15) is 9.61 Å². The molecule has 0 aliphatic carbocycles. The van der Waals surface area contributed by atoms with Crippen molar-refractivity contribution in [2.75, 3.05) is 18.0 Å². The molecule has 0 aromatic carbocycles. The first-order valence-corrected chi connectivity index (χ1v) is 8.88. The van der Waals surface area contributed by atoms with E-state index in [0.29, 0.717) is 11.8 Å². The Kier molecular flexibility index (Phi) is 4.07. The van der Waals surface area contributed by atoms with Crippen LogP contribution in [0.2, 0.25) is 0 Å². The van der Waals surface area contributed by atoms with Crippen molar-refractivity contribution in [2.24, 2.45) is 0 Å². The van der Waals surface area contributed by atoms with Crippen LogP contribution in [0.1, 0.15) is 55.9 Å². The average Bonchev–Trinajstić information content (AvgIpc) is 3.05. The SMILES string of the molecule is Cc1ccc2nnc(C3CCN(c4ccnc(C(C)C)n4)CC3)n2n1. The molecule has 130 valence electrons. The molecule has 7 heteroatoms. The molecule has 25 heavy (non-hydrogen) atoms. The second-order valence-electron chi connectivity index (χ2n) is 6.99. The van der Waals surface area contributed by atoms with Crippen LogP contribution in [0.15, 0.2) is 24.4 Å². The zero-order valence-electron chi connectivity index (χ0n) is 14.9. The first kappa shape index (κ1) is 15.9. The van der Waals surface area contributed by atoms with Crippen molar-refractivity contribution in [1.82, 2.24) is 29.8 Å². The molecule has 1 aliphatic rings. The fourth-order valence-corrected chi connectivity index (χ4v) is 3.34. The molecule has 0 saturated carbocycles. The largest absolute Gasteiger partial charge is 0.356 e. The van der Waals surface area contributed by atoms with Crippen LogP contribution < -0.4 is 4.90 Å². The Morgan fingerprint density at radius 1 is 1.08 bits per heavy atom. The second-order valence-corrected chi connectivity index (χ2v) is 6.99. The maximum atomic E-state index is 4.71. The van der Waals surface area contributed by atoms with Crippen molar-refractivity contribution in [2.45, 2.75) is 45.4 Å². The summed E-state index contributed by atoms with van der Waals surface area (Å²) in [4.78, 5) is 11.4. The van der Waals surface area contributed by atoms with Crippen molar-refractivity contribution in [3.05, 3.63) is 41.7 Å². The molecule has 4 heterocycles. The Bertz CT molecular complexity index is 878. The summed E-state index contributed by atoms with van der Waals surface area (Å²) in [6.45, 7) is 8.15. The molecular weight excluding hydrogens is 314 g/mol. The summed E-state index contributed by atoms with van der Waals surface area (Å²) in [5.41, 5.74) is 1.80. The Hall–Kier alpha value is -2.57. The highest BCUT2D eigenvalue weighted by atomic mass is 15.4. The monoisotopic (exact) mass is 337 g/mol. The van der Waals surface area contributed by atoms with Crippen LogP contribution in [0.25, 0.3) is 5.65 Å². The normalized spacial score (nSPS) is 16.1. The van der Waals surface area contributed by atoms with E-state index in [9.17, 15) is 0 Å². The molecule has 1 aliphatic heterocycles. The van der Waals surface area contributed by atoms with E-state index in [1.165, 1.54) is 0 Å². The summed E-state index contributed by atoms with van der Waals surface area (Å²) in [5.74, 6) is 3.63. The molecule has 3 aromatic heterocycles. The molecule has 0 radical (unpaired) electrons. The number of hydrogen-bond acceptors (Lipinski definition) is 6. The summed E-state index contributed by atoms with van der Waals surface area (Å²) in [6, 6.07) is 5.95. The first-order chi connectivity index (χ1) is 12.1. The van der Waals surface area contributed by atoms with E-state index in [1.54, 1.807) is 0 Å². The Morgan fingerprint density at radius 3 is 2.64 bits per heavy atom. The van der Waals surface area contributed by atoms with Crippen molar-refractivity contribution >= 4 is 11.5 Å². The topological polar surface area (TPSA) is 72.1 Å². The molecule has 0 bridgehead atoms.